The van der Waals surface area contributed by atoms with Gasteiger partial charge in [-0.25, -0.2) is 4.79 Å². The standard InChI is InChI=1S/C6H9N3O4/c1-2-13-6(10)4-5(9(11)12)8-3-7-4/h3-5H,2H2,1H3,(H,7,8). The second-order valence-corrected chi connectivity index (χ2v) is 2.37. The fraction of sp³-hybridized carbons (Fsp3) is 0.667. The molecule has 0 aromatic carbocycles. The van der Waals surface area contributed by atoms with Crippen LogP contribution >= 0.6 is 0 Å². The van der Waals surface area contributed by atoms with E-state index in [1.807, 2.05) is 0 Å². The molecule has 0 spiro atoms. The molecule has 2 atom stereocenters. The Balaban J connectivity index is 2.62. The number of hydrogen-bond donors (Lipinski definition) is 1. The zero-order valence-corrected chi connectivity index (χ0v) is 6.97. The number of hydrogen-bond acceptors (Lipinski definition) is 6. The first-order chi connectivity index (χ1) is 6.16. The number of nitrogens with zero attached hydrogens (tertiary/aromatic N) is 2. The van der Waals surface area contributed by atoms with Crippen LogP contribution in [0.2, 0.25) is 0 Å². The van der Waals surface area contributed by atoms with Crippen LogP contribution in [0.3, 0.4) is 0 Å². The normalized spacial score (nSPS) is 25.3. The van der Waals surface area contributed by atoms with Gasteiger partial charge in [0.05, 0.1) is 12.9 Å². The highest BCUT2D eigenvalue weighted by Crippen LogP contribution is 2.06. The molecule has 1 heterocycles. The largest absolute Gasteiger partial charge is 0.464 e. The number of carbonyl (C=O) groups is 1. The van der Waals surface area contributed by atoms with E-state index in [1.54, 1.807) is 6.92 Å². The van der Waals surface area contributed by atoms with Gasteiger partial charge in [-0.15, -0.1) is 0 Å². The molecule has 0 amide bonds. The van der Waals surface area contributed by atoms with Crippen LogP contribution in [0.4, 0.5) is 0 Å². The fourth-order valence-corrected chi connectivity index (χ4v) is 0.966. The number of aliphatic imine (C=N–C) groups is 1. The van der Waals surface area contributed by atoms with Gasteiger partial charge in [-0.3, -0.25) is 15.1 Å². The van der Waals surface area contributed by atoms with Crippen molar-refractivity contribution >= 4 is 12.3 Å². The fourth-order valence-electron chi connectivity index (χ4n) is 0.966. The first-order valence-corrected chi connectivity index (χ1v) is 3.74. The highest BCUT2D eigenvalue weighted by atomic mass is 16.6. The van der Waals surface area contributed by atoms with E-state index in [0.29, 0.717) is 0 Å². The molecule has 7 nitrogen and oxygen atoms in total. The molecule has 0 radical (unpaired) electrons. The molecule has 0 saturated heterocycles. The van der Waals surface area contributed by atoms with Crippen LogP contribution < -0.4 is 5.32 Å². The van der Waals surface area contributed by atoms with Crippen molar-refractivity contribution in [1.29, 1.82) is 0 Å². The Morgan fingerprint density at radius 1 is 1.85 bits per heavy atom. The van der Waals surface area contributed by atoms with Gasteiger partial charge >= 0.3 is 12.1 Å². The Bertz CT molecular complexity index is 252. The first kappa shape index (κ1) is 9.43. The minimum atomic E-state index is -1.20. The molecule has 0 aromatic rings. The van der Waals surface area contributed by atoms with Gasteiger partial charge in [0.1, 0.15) is 0 Å². The van der Waals surface area contributed by atoms with Crippen molar-refractivity contribution in [3.63, 3.8) is 0 Å². The second kappa shape index (κ2) is 3.83. The number of nitro groups is 1. The summed E-state index contributed by atoms with van der Waals surface area (Å²) >= 11 is 0. The first-order valence-electron chi connectivity index (χ1n) is 3.74. The minimum Gasteiger partial charge on any atom is -0.464 e. The average Bonchev–Trinajstić information content (AvgIpc) is 2.52. The summed E-state index contributed by atoms with van der Waals surface area (Å²) in [7, 11) is 0. The van der Waals surface area contributed by atoms with Crippen LogP contribution in [0.1, 0.15) is 6.92 Å². The maximum absolute atomic E-state index is 11.1. The molecule has 13 heavy (non-hydrogen) atoms. The molecule has 0 fully saturated rings. The van der Waals surface area contributed by atoms with Crippen molar-refractivity contribution in [2.75, 3.05) is 6.61 Å². The SMILES string of the molecule is CCOC(=O)C1N=CNC1[N+](=O)[O-]. The zero-order valence-electron chi connectivity index (χ0n) is 6.97. The van der Waals surface area contributed by atoms with Crippen molar-refractivity contribution in [3.8, 4) is 0 Å². The Morgan fingerprint density at radius 3 is 3.08 bits per heavy atom. The van der Waals surface area contributed by atoms with E-state index < -0.39 is 23.1 Å². The number of nitrogens with one attached hydrogen (secondary N) is 1. The quantitative estimate of drug-likeness (QED) is 0.353. The zero-order chi connectivity index (χ0) is 9.84. The lowest BCUT2D eigenvalue weighted by atomic mass is 10.2. The Morgan fingerprint density at radius 2 is 2.54 bits per heavy atom. The summed E-state index contributed by atoms with van der Waals surface area (Å²) in [5.74, 6) is -0.676. The average molecular weight is 187 g/mol. The summed E-state index contributed by atoms with van der Waals surface area (Å²) in [6.07, 6.45) is -0.0475. The summed E-state index contributed by atoms with van der Waals surface area (Å²) in [5, 5.41) is 12.7. The smallest absolute Gasteiger partial charge is 0.340 e. The van der Waals surface area contributed by atoms with Gasteiger partial charge in [0.25, 0.3) is 0 Å². The molecule has 7 heteroatoms. The third-order valence-electron chi connectivity index (χ3n) is 1.53. The summed E-state index contributed by atoms with van der Waals surface area (Å²) in [4.78, 5) is 24.5. The molecule has 72 valence electrons. The van der Waals surface area contributed by atoms with Crippen molar-refractivity contribution in [2.24, 2.45) is 4.99 Å². The lowest BCUT2D eigenvalue weighted by Crippen LogP contribution is -2.43. The molecule has 0 aliphatic carbocycles. The molecule has 1 aliphatic heterocycles. The molecule has 1 N–H and O–H groups in total. The highest BCUT2D eigenvalue weighted by molar-refractivity contribution is 5.80. The van der Waals surface area contributed by atoms with E-state index in [4.69, 9.17) is 0 Å². The summed E-state index contributed by atoms with van der Waals surface area (Å²) < 4.78 is 4.61. The number of carbonyl (C=O) groups excluding carboxylic acids is 1. The number of rotatable bonds is 3. The molecule has 0 saturated carbocycles. The van der Waals surface area contributed by atoms with E-state index in [9.17, 15) is 14.9 Å². The van der Waals surface area contributed by atoms with Crippen LogP contribution in [-0.2, 0) is 9.53 Å². The van der Waals surface area contributed by atoms with Crippen molar-refractivity contribution in [3.05, 3.63) is 10.1 Å². The third-order valence-corrected chi connectivity index (χ3v) is 1.53. The monoisotopic (exact) mass is 187 g/mol. The van der Waals surface area contributed by atoms with Gasteiger partial charge in [0, 0.05) is 4.92 Å². The number of ether oxygens (including phenoxy) is 1. The molecule has 1 rings (SSSR count). The molecule has 2 unspecified atom stereocenters. The molecular weight excluding hydrogens is 178 g/mol. The molecule has 0 aromatic heterocycles. The lowest BCUT2D eigenvalue weighted by Gasteiger charge is -2.09. The van der Waals surface area contributed by atoms with Gasteiger partial charge in [0.15, 0.2) is 0 Å². The highest BCUT2D eigenvalue weighted by Gasteiger charge is 2.40. The van der Waals surface area contributed by atoms with Gasteiger partial charge in [-0.2, -0.15) is 0 Å². The van der Waals surface area contributed by atoms with Crippen LogP contribution in [-0.4, -0.2) is 36.0 Å². The topological polar surface area (TPSA) is 93.8 Å². The van der Waals surface area contributed by atoms with E-state index in [-0.39, 0.29) is 6.61 Å². The second-order valence-electron chi connectivity index (χ2n) is 2.37. The molecular formula is C6H9N3O4. The van der Waals surface area contributed by atoms with Crippen LogP contribution in [0.15, 0.2) is 4.99 Å². The van der Waals surface area contributed by atoms with E-state index in [2.05, 4.69) is 15.0 Å². The Kier molecular flexibility index (Phi) is 2.78. The van der Waals surface area contributed by atoms with E-state index >= 15 is 0 Å². The van der Waals surface area contributed by atoms with E-state index in [1.165, 1.54) is 0 Å². The Hall–Kier alpha value is -1.66. The van der Waals surface area contributed by atoms with Crippen LogP contribution in [0.25, 0.3) is 0 Å². The summed E-state index contributed by atoms with van der Waals surface area (Å²) in [5.41, 5.74) is 0. The minimum absolute atomic E-state index is 0.190. The van der Waals surface area contributed by atoms with Crippen molar-refractivity contribution in [1.82, 2.24) is 5.32 Å². The lowest BCUT2D eigenvalue weighted by molar-refractivity contribution is -0.525. The van der Waals surface area contributed by atoms with Gasteiger partial charge in [-0.05, 0) is 6.92 Å². The van der Waals surface area contributed by atoms with Gasteiger partial charge < -0.3 is 10.1 Å². The van der Waals surface area contributed by atoms with Crippen molar-refractivity contribution in [2.45, 2.75) is 19.1 Å². The Labute approximate surface area is 73.9 Å². The predicted molar refractivity (Wildman–Crippen MR) is 42.8 cm³/mol. The molecule has 0 bridgehead atoms. The number of esters is 1. The van der Waals surface area contributed by atoms with Crippen LogP contribution in [0.5, 0.6) is 0 Å². The van der Waals surface area contributed by atoms with E-state index in [0.717, 1.165) is 6.34 Å². The molecule has 1 aliphatic rings. The summed E-state index contributed by atoms with van der Waals surface area (Å²) in [6, 6.07) is -1.06. The maximum Gasteiger partial charge on any atom is 0.340 e. The van der Waals surface area contributed by atoms with Gasteiger partial charge in [-0.1, -0.05) is 0 Å². The maximum atomic E-state index is 11.1. The third kappa shape index (κ3) is 1.92. The van der Waals surface area contributed by atoms with Crippen molar-refractivity contribution < 1.29 is 14.5 Å². The summed E-state index contributed by atoms with van der Waals surface area (Å²) in [6.45, 7) is 1.82. The van der Waals surface area contributed by atoms with Crippen LogP contribution in [0, 0.1) is 10.1 Å². The van der Waals surface area contributed by atoms with Gasteiger partial charge in [0.2, 0.25) is 6.04 Å². The predicted octanol–water partition coefficient (Wildman–Crippen LogP) is -0.848.